The number of nitrogens with two attached hydrogens (primary N) is 2. The van der Waals surface area contributed by atoms with Crippen molar-refractivity contribution < 1.29 is 49.5 Å². The van der Waals surface area contributed by atoms with Crippen molar-refractivity contribution in [3.63, 3.8) is 0 Å². The van der Waals surface area contributed by atoms with E-state index in [0.717, 1.165) is 0 Å². The molecule has 0 bridgehead atoms. The Hall–Kier alpha value is -5.72. The Morgan fingerprint density at radius 2 is 1.04 bits per heavy atom. The highest BCUT2D eigenvalue weighted by atomic mass is 16.5. The second kappa shape index (κ2) is 23.3. The van der Waals surface area contributed by atoms with E-state index in [4.69, 9.17) is 31.6 Å². The number of carbonyl (C=O) groups is 4. The molecule has 0 spiro atoms. The lowest BCUT2D eigenvalue weighted by Gasteiger charge is -2.29. The van der Waals surface area contributed by atoms with Crippen LogP contribution in [0.25, 0.3) is 0 Å². The number of hydrogen-bond acceptors (Lipinski definition) is 12. The molecule has 0 aliphatic heterocycles. The van der Waals surface area contributed by atoms with Crippen molar-refractivity contribution in [2.75, 3.05) is 20.3 Å². The molecular weight excluding hydrogens is 722 g/mol. The summed E-state index contributed by atoms with van der Waals surface area (Å²) in [4.78, 5) is 48.3. The quantitative estimate of drug-likeness (QED) is 0.0562. The molecule has 0 aliphatic rings. The van der Waals surface area contributed by atoms with Gasteiger partial charge >= 0.3 is 5.97 Å². The maximum Gasteiger partial charge on any atom is 0.330 e. The van der Waals surface area contributed by atoms with Crippen LogP contribution in [0.4, 0.5) is 0 Å². The zero-order chi connectivity index (χ0) is 42.6. The Bertz CT molecular complexity index is 1750. The minimum Gasteiger partial charge on any atom is -0.467 e. The van der Waals surface area contributed by atoms with E-state index in [1.54, 1.807) is 77.9 Å². The van der Waals surface area contributed by atoms with E-state index in [2.05, 4.69) is 58.0 Å². The van der Waals surface area contributed by atoms with Crippen LogP contribution in [0.3, 0.4) is 0 Å². The van der Waals surface area contributed by atoms with Gasteiger partial charge in [-0.2, -0.15) is 0 Å². The molecule has 300 valence electrons. The number of amides is 3. The number of aliphatic hydroxyl groups is 4. The maximum absolute atomic E-state index is 12.4. The van der Waals surface area contributed by atoms with Gasteiger partial charge in [0.15, 0.2) is 0 Å². The predicted octanol–water partition coefficient (Wildman–Crippen LogP) is -0.589. The lowest BCUT2D eigenvalue weighted by molar-refractivity contribution is -0.144. The second-order valence-corrected chi connectivity index (χ2v) is 13.7. The van der Waals surface area contributed by atoms with Crippen molar-refractivity contribution in [1.82, 2.24) is 16.1 Å². The smallest absolute Gasteiger partial charge is 0.330 e. The third-order valence-corrected chi connectivity index (χ3v) is 7.81. The van der Waals surface area contributed by atoms with Crippen LogP contribution in [0.2, 0.25) is 0 Å². The van der Waals surface area contributed by atoms with Gasteiger partial charge in [-0.3, -0.25) is 19.6 Å². The van der Waals surface area contributed by atoms with Crippen LogP contribution in [0.5, 0.6) is 0 Å². The van der Waals surface area contributed by atoms with Crippen LogP contribution in [0, 0.1) is 59.2 Å². The fourth-order valence-corrected chi connectivity index (χ4v) is 4.17. The summed E-state index contributed by atoms with van der Waals surface area (Å²) >= 11 is 0. The van der Waals surface area contributed by atoms with E-state index >= 15 is 0 Å². The van der Waals surface area contributed by atoms with Gasteiger partial charge in [-0.25, -0.2) is 10.3 Å². The van der Waals surface area contributed by atoms with E-state index in [9.17, 15) is 29.4 Å². The van der Waals surface area contributed by atoms with Gasteiger partial charge in [-0.15, -0.1) is 0 Å². The van der Waals surface area contributed by atoms with Gasteiger partial charge < -0.3 is 47.3 Å². The number of ether oxygens (including phenoxy) is 1. The molecule has 0 radical (unpaired) electrons. The molecule has 0 aromatic heterocycles. The molecule has 56 heavy (non-hydrogen) atoms. The lowest BCUT2D eigenvalue weighted by atomic mass is 9.95. The van der Waals surface area contributed by atoms with Gasteiger partial charge in [0.2, 0.25) is 0 Å². The number of carbonyl (C=O) groups excluding carboxylic acids is 4. The Labute approximate surface area is 327 Å². The van der Waals surface area contributed by atoms with Crippen LogP contribution in [-0.4, -0.2) is 105 Å². The summed E-state index contributed by atoms with van der Waals surface area (Å²) in [5, 5.41) is 50.4. The molecule has 2 rings (SSSR count). The van der Waals surface area contributed by atoms with Crippen LogP contribution in [0.15, 0.2) is 48.5 Å². The van der Waals surface area contributed by atoms with Gasteiger partial charge in [-0.05, 0) is 114 Å². The number of methoxy groups -OCH3 is 1. The number of esters is 1. The van der Waals surface area contributed by atoms with Gasteiger partial charge in [0.05, 0.1) is 32.5 Å². The average molecular weight is 774 g/mol. The zero-order valence-electron chi connectivity index (χ0n) is 32.4. The molecule has 2 aromatic rings. The molecule has 6 atom stereocenters. The van der Waals surface area contributed by atoms with E-state index in [1.165, 1.54) is 24.7 Å². The molecule has 2 aromatic carbocycles. The highest BCUT2D eigenvalue weighted by molar-refractivity contribution is 5.98. The molecule has 0 aliphatic carbocycles. The first-order chi connectivity index (χ1) is 26.2. The third kappa shape index (κ3) is 16.7. The summed E-state index contributed by atoms with van der Waals surface area (Å²) in [7, 11) is 1.23. The topological polar surface area (TPSA) is 267 Å². The van der Waals surface area contributed by atoms with Crippen molar-refractivity contribution in [3.8, 4) is 47.4 Å². The van der Waals surface area contributed by atoms with E-state index in [-0.39, 0.29) is 24.7 Å². The van der Waals surface area contributed by atoms with E-state index in [0.29, 0.717) is 16.7 Å². The zero-order valence-corrected chi connectivity index (χ0v) is 32.4. The SMILES string of the molecule is CC(C#CC#Cc1ccc(C(=O)N[C@H](C(=O)NO)C(C)(C)N)cc1)C(O)CO.COC(=O)[C@@H](NC(=O)c1ccc(C#CC#CC(C)C(O)CO)cc1)C(C)(C)N. The summed E-state index contributed by atoms with van der Waals surface area (Å²) in [6, 6.07) is 10.6. The first-order valence-corrected chi connectivity index (χ1v) is 17.2. The van der Waals surface area contributed by atoms with Gasteiger partial charge in [-0.1, -0.05) is 23.7 Å². The Morgan fingerprint density at radius 3 is 1.34 bits per heavy atom. The Morgan fingerprint density at radius 1 is 0.679 bits per heavy atom. The predicted molar refractivity (Wildman–Crippen MR) is 208 cm³/mol. The number of benzene rings is 2. The molecule has 15 heteroatoms. The molecular formula is C41H51N5O10. The van der Waals surface area contributed by atoms with Crippen molar-refractivity contribution in [2.24, 2.45) is 23.3 Å². The summed E-state index contributed by atoms with van der Waals surface area (Å²) < 4.78 is 4.69. The van der Waals surface area contributed by atoms with Gasteiger partial charge in [0, 0.05) is 45.2 Å². The Balaban J connectivity index is 0.000000560. The van der Waals surface area contributed by atoms with Gasteiger partial charge in [0.1, 0.15) is 12.1 Å². The number of rotatable bonds is 12. The van der Waals surface area contributed by atoms with Crippen LogP contribution < -0.4 is 27.6 Å². The standard InChI is InChI=1S/C21H26N2O5.C20H25N3O5/c1-14(17(25)13-24)7-5-6-8-15-9-11-16(12-10-15)19(26)23-18(20(27)28-4)21(2,3)22;1-13(16(25)12-24)6-4-5-7-14-8-10-15(11-9-14)18(26)22-17(19(27)23-28)20(2,3)21/h9-12,14,17-18,24-25H,13,22H2,1-4H3,(H,23,26);8-11,13,16-17,24-25,28H,12,21H2,1-3H3,(H,22,26)(H,23,27)/t14?,17?,18-;13?,16?,17-/m11/s1. The molecule has 12 N–H and O–H groups in total. The van der Waals surface area contributed by atoms with E-state index < -0.39 is 65.0 Å². The van der Waals surface area contributed by atoms with E-state index in [1.807, 2.05) is 0 Å². The van der Waals surface area contributed by atoms with Crippen molar-refractivity contribution in [1.29, 1.82) is 0 Å². The van der Waals surface area contributed by atoms with Crippen LogP contribution in [0.1, 0.15) is 73.4 Å². The summed E-state index contributed by atoms with van der Waals surface area (Å²) in [5.74, 6) is 18.4. The van der Waals surface area contributed by atoms with Crippen LogP contribution in [-0.2, 0) is 14.3 Å². The highest BCUT2D eigenvalue weighted by Crippen LogP contribution is 2.11. The minimum atomic E-state index is -1.13. The van der Waals surface area contributed by atoms with Crippen molar-refractivity contribution in [3.05, 3.63) is 70.8 Å². The monoisotopic (exact) mass is 773 g/mol. The number of hydrogen-bond donors (Lipinski definition) is 10. The first kappa shape index (κ1) is 48.3. The molecule has 0 saturated heterocycles. The van der Waals surface area contributed by atoms with Crippen molar-refractivity contribution >= 4 is 23.7 Å². The normalized spacial score (nSPS) is 13.7. The first-order valence-electron chi connectivity index (χ1n) is 17.2. The molecule has 0 fully saturated rings. The van der Waals surface area contributed by atoms with Gasteiger partial charge in [0.25, 0.3) is 17.7 Å². The largest absolute Gasteiger partial charge is 0.467 e. The number of hydroxylamine groups is 1. The highest BCUT2D eigenvalue weighted by Gasteiger charge is 2.35. The third-order valence-electron chi connectivity index (χ3n) is 7.81. The second-order valence-electron chi connectivity index (χ2n) is 13.7. The average Bonchev–Trinajstić information content (AvgIpc) is 3.17. The molecule has 3 amide bonds. The van der Waals surface area contributed by atoms with Crippen molar-refractivity contribution in [2.45, 2.75) is 76.9 Å². The lowest BCUT2D eigenvalue weighted by Crippen LogP contribution is -2.61. The molecule has 15 nitrogen and oxygen atoms in total. The van der Waals surface area contributed by atoms with Crippen LogP contribution >= 0.6 is 0 Å². The fourth-order valence-electron chi connectivity index (χ4n) is 4.17. The maximum atomic E-state index is 12.4. The molecule has 0 saturated carbocycles. The number of aliphatic hydroxyl groups excluding tert-OH is 4. The number of nitrogens with one attached hydrogen (secondary N) is 3. The fraction of sp³-hybridized carbons (Fsp3) is 0.415. The minimum absolute atomic E-state index is 0.288. The molecule has 4 unspecified atom stereocenters. The Kier molecular flexibility index (Phi) is 20.1. The summed E-state index contributed by atoms with van der Waals surface area (Å²) in [6.07, 6.45) is -1.82. The summed E-state index contributed by atoms with van der Waals surface area (Å²) in [5.41, 5.74) is 13.1. The molecule has 0 heterocycles. The summed E-state index contributed by atoms with van der Waals surface area (Å²) in [6.45, 7) is 8.98.